The maximum atomic E-state index is 9.43. The van der Waals surface area contributed by atoms with Gasteiger partial charge in [-0.25, -0.2) is 0 Å². The zero-order chi connectivity index (χ0) is 9.42. The first-order chi connectivity index (χ1) is 6.16. The second-order valence-electron chi connectivity index (χ2n) is 3.72. The fraction of sp³-hybridized carbons (Fsp3) is 0.667. The summed E-state index contributed by atoms with van der Waals surface area (Å²) in [6, 6.07) is 2.12. The van der Waals surface area contributed by atoms with Gasteiger partial charge in [-0.05, 0) is 20.4 Å². The summed E-state index contributed by atoms with van der Waals surface area (Å²) >= 11 is 0. The maximum absolute atomic E-state index is 9.43. The van der Waals surface area contributed by atoms with Crippen LogP contribution in [0.3, 0.4) is 0 Å². The summed E-state index contributed by atoms with van der Waals surface area (Å²) in [6.07, 6.45) is 0.505. The Kier molecular flexibility index (Phi) is 2.09. The predicted molar refractivity (Wildman–Crippen MR) is 47.2 cm³/mol. The van der Waals surface area contributed by atoms with Crippen LogP contribution >= 0.6 is 0 Å². The molecule has 2 atom stereocenters. The second kappa shape index (κ2) is 3.12. The van der Waals surface area contributed by atoms with Gasteiger partial charge < -0.3 is 9.63 Å². The third kappa shape index (κ3) is 1.59. The summed E-state index contributed by atoms with van der Waals surface area (Å²) in [5, 5.41) is 13.3. The molecule has 2 rings (SSSR count). The van der Waals surface area contributed by atoms with E-state index in [1.54, 1.807) is 0 Å². The average molecular weight is 182 g/mol. The Bertz CT molecular complexity index is 298. The van der Waals surface area contributed by atoms with Crippen LogP contribution in [0.5, 0.6) is 0 Å². The molecule has 1 aromatic rings. The van der Waals surface area contributed by atoms with Crippen LogP contribution in [0.25, 0.3) is 0 Å². The number of aryl methyl sites for hydroxylation is 1. The lowest BCUT2D eigenvalue weighted by atomic mass is 10.1. The number of β-amino-alcohol motifs (C(OH)–C–C–N with tert-alkyl or cyclic N) is 1. The number of aliphatic hydroxyl groups is 1. The van der Waals surface area contributed by atoms with Gasteiger partial charge in [0.15, 0.2) is 5.76 Å². The van der Waals surface area contributed by atoms with Gasteiger partial charge in [-0.3, -0.25) is 4.90 Å². The van der Waals surface area contributed by atoms with Gasteiger partial charge in [0.2, 0.25) is 0 Å². The molecule has 72 valence electrons. The van der Waals surface area contributed by atoms with E-state index in [1.165, 1.54) is 0 Å². The Hall–Kier alpha value is -0.870. The zero-order valence-corrected chi connectivity index (χ0v) is 7.90. The number of rotatable bonds is 1. The minimum Gasteiger partial charge on any atom is -0.392 e. The van der Waals surface area contributed by atoms with Gasteiger partial charge in [-0.2, -0.15) is 0 Å². The van der Waals surface area contributed by atoms with Crippen molar-refractivity contribution in [3.8, 4) is 0 Å². The first-order valence-corrected chi connectivity index (χ1v) is 4.48. The summed E-state index contributed by atoms with van der Waals surface area (Å²) in [5.41, 5.74) is 0.893. The number of hydrogen-bond donors (Lipinski definition) is 1. The molecule has 0 amide bonds. The molecule has 2 heterocycles. The van der Waals surface area contributed by atoms with Gasteiger partial charge in [0, 0.05) is 12.6 Å². The van der Waals surface area contributed by atoms with Crippen molar-refractivity contribution in [3.05, 3.63) is 17.5 Å². The van der Waals surface area contributed by atoms with Crippen LogP contribution in [0.15, 0.2) is 10.6 Å². The van der Waals surface area contributed by atoms with Crippen molar-refractivity contribution >= 4 is 0 Å². The first-order valence-electron chi connectivity index (χ1n) is 4.48. The molecule has 0 spiro atoms. The number of aliphatic hydroxyl groups excluding tert-OH is 1. The van der Waals surface area contributed by atoms with Crippen molar-refractivity contribution in [1.29, 1.82) is 0 Å². The van der Waals surface area contributed by atoms with Crippen LogP contribution in [-0.2, 0) is 0 Å². The minimum atomic E-state index is -0.236. The molecule has 1 saturated heterocycles. The van der Waals surface area contributed by atoms with E-state index in [2.05, 4.69) is 10.1 Å². The Morgan fingerprint density at radius 1 is 1.69 bits per heavy atom. The van der Waals surface area contributed by atoms with Crippen LogP contribution in [0.2, 0.25) is 0 Å². The lowest BCUT2D eigenvalue weighted by Gasteiger charge is -2.14. The van der Waals surface area contributed by atoms with Crippen molar-refractivity contribution in [2.75, 3.05) is 13.6 Å². The molecule has 4 nitrogen and oxygen atoms in total. The van der Waals surface area contributed by atoms with E-state index in [4.69, 9.17) is 4.52 Å². The standard InChI is InChI=1S/C9H14N2O2/c1-6-3-9(13-10-6)8-4-7(12)5-11(8)2/h3,7-8,12H,4-5H2,1-2H3. The highest BCUT2D eigenvalue weighted by molar-refractivity contribution is 5.10. The molecule has 0 bridgehead atoms. The fourth-order valence-corrected chi connectivity index (χ4v) is 1.85. The molecule has 1 aromatic heterocycles. The topological polar surface area (TPSA) is 49.5 Å². The molecule has 13 heavy (non-hydrogen) atoms. The average Bonchev–Trinajstić information content (AvgIpc) is 2.58. The lowest BCUT2D eigenvalue weighted by molar-refractivity contribution is 0.182. The van der Waals surface area contributed by atoms with Crippen molar-refractivity contribution < 1.29 is 9.63 Å². The van der Waals surface area contributed by atoms with Gasteiger partial charge in [-0.15, -0.1) is 0 Å². The molecule has 2 unspecified atom stereocenters. The predicted octanol–water partition coefficient (Wildman–Crippen LogP) is 0.721. The lowest BCUT2D eigenvalue weighted by Crippen LogP contribution is -2.18. The molecular formula is C9H14N2O2. The van der Waals surface area contributed by atoms with Gasteiger partial charge in [-0.1, -0.05) is 5.16 Å². The van der Waals surface area contributed by atoms with E-state index >= 15 is 0 Å². The first kappa shape index (κ1) is 8.72. The molecule has 0 saturated carbocycles. The molecule has 1 aliphatic rings. The van der Waals surface area contributed by atoms with Crippen LogP contribution in [0.1, 0.15) is 23.9 Å². The Morgan fingerprint density at radius 2 is 2.46 bits per heavy atom. The van der Waals surface area contributed by atoms with Crippen LogP contribution in [-0.4, -0.2) is 34.9 Å². The molecule has 0 aliphatic carbocycles. The van der Waals surface area contributed by atoms with E-state index < -0.39 is 0 Å². The Morgan fingerprint density at radius 3 is 2.92 bits per heavy atom. The molecule has 0 radical (unpaired) electrons. The Labute approximate surface area is 77.1 Å². The SMILES string of the molecule is Cc1cc(C2CC(O)CN2C)on1. The third-order valence-corrected chi connectivity index (χ3v) is 2.50. The van der Waals surface area contributed by atoms with Crippen molar-refractivity contribution in [1.82, 2.24) is 10.1 Å². The molecule has 1 aliphatic heterocycles. The quantitative estimate of drug-likeness (QED) is 0.695. The number of hydrogen-bond acceptors (Lipinski definition) is 4. The molecule has 1 fully saturated rings. The summed E-state index contributed by atoms with van der Waals surface area (Å²) in [5.74, 6) is 0.858. The molecular weight excluding hydrogens is 168 g/mol. The van der Waals surface area contributed by atoms with Gasteiger partial charge in [0.05, 0.1) is 17.8 Å². The molecule has 1 N–H and O–H groups in total. The van der Waals surface area contributed by atoms with E-state index in [1.807, 2.05) is 20.0 Å². The monoisotopic (exact) mass is 182 g/mol. The van der Waals surface area contributed by atoms with Crippen molar-refractivity contribution in [3.63, 3.8) is 0 Å². The number of aromatic nitrogens is 1. The summed E-state index contributed by atoms with van der Waals surface area (Å²) < 4.78 is 5.16. The maximum Gasteiger partial charge on any atom is 0.154 e. The highest BCUT2D eigenvalue weighted by Gasteiger charge is 2.31. The zero-order valence-electron chi connectivity index (χ0n) is 7.90. The van der Waals surface area contributed by atoms with E-state index in [-0.39, 0.29) is 12.1 Å². The summed E-state index contributed by atoms with van der Waals surface area (Å²) in [6.45, 7) is 2.61. The highest BCUT2D eigenvalue weighted by Crippen LogP contribution is 2.30. The minimum absolute atomic E-state index is 0.191. The highest BCUT2D eigenvalue weighted by atomic mass is 16.5. The molecule has 4 heteroatoms. The normalized spacial score (nSPS) is 29.8. The largest absolute Gasteiger partial charge is 0.392 e. The summed E-state index contributed by atoms with van der Waals surface area (Å²) in [4.78, 5) is 2.09. The van der Waals surface area contributed by atoms with Crippen LogP contribution in [0.4, 0.5) is 0 Å². The van der Waals surface area contributed by atoms with E-state index in [0.29, 0.717) is 6.54 Å². The second-order valence-corrected chi connectivity index (χ2v) is 3.72. The summed E-state index contributed by atoms with van der Waals surface area (Å²) in [7, 11) is 1.98. The number of nitrogens with zero attached hydrogens (tertiary/aromatic N) is 2. The van der Waals surface area contributed by atoms with Gasteiger partial charge >= 0.3 is 0 Å². The number of likely N-dealkylation sites (tertiary alicyclic amines) is 1. The van der Waals surface area contributed by atoms with E-state index in [0.717, 1.165) is 17.9 Å². The van der Waals surface area contributed by atoms with E-state index in [9.17, 15) is 5.11 Å². The van der Waals surface area contributed by atoms with Crippen molar-refractivity contribution in [2.45, 2.75) is 25.5 Å². The third-order valence-electron chi connectivity index (χ3n) is 2.50. The fourth-order valence-electron chi connectivity index (χ4n) is 1.85. The van der Waals surface area contributed by atoms with Gasteiger partial charge in [0.1, 0.15) is 0 Å². The van der Waals surface area contributed by atoms with Crippen molar-refractivity contribution in [2.24, 2.45) is 0 Å². The van der Waals surface area contributed by atoms with Crippen LogP contribution in [0, 0.1) is 6.92 Å². The van der Waals surface area contributed by atoms with Crippen LogP contribution < -0.4 is 0 Å². The molecule has 0 aromatic carbocycles. The van der Waals surface area contributed by atoms with Gasteiger partial charge in [0.25, 0.3) is 0 Å². The smallest absolute Gasteiger partial charge is 0.154 e. The number of likely N-dealkylation sites (N-methyl/N-ethyl adjacent to an activating group) is 1. The Balaban J connectivity index is 2.17.